The maximum Gasteiger partial charge on any atom is 0.227 e. The van der Waals surface area contributed by atoms with Gasteiger partial charge in [0.25, 0.3) is 0 Å². The van der Waals surface area contributed by atoms with Gasteiger partial charge < -0.3 is 10.2 Å². The quantitative estimate of drug-likeness (QED) is 0.784. The Morgan fingerprint density at radius 3 is 2.29 bits per heavy atom. The zero-order valence-electron chi connectivity index (χ0n) is 15.9. The molecule has 7 nitrogen and oxygen atoms in total. The summed E-state index contributed by atoms with van der Waals surface area (Å²) in [6.07, 6.45) is 2.59. The van der Waals surface area contributed by atoms with Gasteiger partial charge in [0.2, 0.25) is 11.8 Å². The topological polar surface area (TPSA) is 80.1 Å². The summed E-state index contributed by atoms with van der Waals surface area (Å²) in [4.78, 5) is 25.7. The third kappa shape index (κ3) is 5.62. The smallest absolute Gasteiger partial charge is 0.227 e. The van der Waals surface area contributed by atoms with Crippen LogP contribution in [0.4, 0.5) is 0 Å². The molecule has 0 aliphatic carbocycles. The lowest BCUT2D eigenvalue weighted by Gasteiger charge is -2.34. The highest BCUT2D eigenvalue weighted by atomic mass is 16.2. The van der Waals surface area contributed by atoms with Gasteiger partial charge in [0.05, 0.1) is 11.6 Å². The van der Waals surface area contributed by atoms with Crippen molar-refractivity contribution < 1.29 is 9.59 Å². The molecule has 1 aromatic rings. The maximum absolute atomic E-state index is 12.8. The van der Waals surface area contributed by atoms with Crippen LogP contribution in [0.15, 0.2) is 6.20 Å². The van der Waals surface area contributed by atoms with Crippen LogP contribution in [0, 0.1) is 5.92 Å². The Kier molecular flexibility index (Phi) is 7.38. The fourth-order valence-electron chi connectivity index (χ4n) is 2.68. The predicted octanol–water partition coefficient (Wildman–Crippen LogP) is 1.80. The van der Waals surface area contributed by atoms with Crippen molar-refractivity contribution in [3.8, 4) is 0 Å². The number of amides is 2. The van der Waals surface area contributed by atoms with Crippen molar-refractivity contribution in [3.05, 3.63) is 11.9 Å². The van der Waals surface area contributed by atoms with E-state index in [1.54, 1.807) is 0 Å². The van der Waals surface area contributed by atoms with E-state index in [0.717, 1.165) is 5.69 Å². The zero-order chi connectivity index (χ0) is 18.4. The molecule has 2 amide bonds. The molecule has 7 heteroatoms. The van der Waals surface area contributed by atoms with E-state index >= 15 is 0 Å². The maximum atomic E-state index is 12.8. The summed E-state index contributed by atoms with van der Waals surface area (Å²) in [6, 6.07) is 0.351. The number of carbonyl (C=O) groups is 2. The summed E-state index contributed by atoms with van der Waals surface area (Å²) in [6.45, 7) is 13.8. The van der Waals surface area contributed by atoms with E-state index in [1.165, 1.54) is 6.92 Å². The number of rotatable bonds is 8. The monoisotopic (exact) mass is 337 g/mol. The molecular weight excluding hydrogens is 306 g/mol. The van der Waals surface area contributed by atoms with Gasteiger partial charge in [0.15, 0.2) is 0 Å². The molecular formula is C17H31N5O2. The van der Waals surface area contributed by atoms with Gasteiger partial charge in [0, 0.05) is 44.2 Å². The van der Waals surface area contributed by atoms with Gasteiger partial charge in [-0.2, -0.15) is 0 Å². The molecule has 0 radical (unpaired) electrons. The van der Waals surface area contributed by atoms with E-state index in [-0.39, 0.29) is 35.9 Å². The molecule has 0 aromatic carbocycles. The van der Waals surface area contributed by atoms with Crippen LogP contribution in [0.2, 0.25) is 0 Å². The van der Waals surface area contributed by atoms with Crippen molar-refractivity contribution in [1.29, 1.82) is 0 Å². The number of aromatic nitrogens is 3. The molecule has 0 aliphatic heterocycles. The summed E-state index contributed by atoms with van der Waals surface area (Å²) in [5, 5.41) is 11.0. The number of carbonyl (C=O) groups excluding carboxylic acids is 2. The first-order valence-corrected chi connectivity index (χ1v) is 8.60. The zero-order valence-corrected chi connectivity index (χ0v) is 15.9. The molecule has 0 spiro atoms. The average molecular weight is 337 g/mol. The predicted molar refractivity (Wildman–Crippen MR) is 93.4 cm³/mol. The van der Waals surface area contributed by atoms with E-state index in [9.17, 15) is 9.59 Å². The van der Waals surface area contributed by atoms with E-state index < -0.39 is 0 Å². The van der Waals surface area contributed by atoms with E-state index in [2.05, 4.69) is 29.5 Å². The largest absolute Gasteiger partial charge is 0.356 e. The summed E-state index contributed by atoms with van der Waals surface area (Å²) in [7, 11) is 0. The van der Waals surface area contributed by atoms with Gasteiger partial charge in [-0.05, 0) is 34.6 Å². The number of hydrogen-bond acceptors (Lipinski definition) is 4. The lowest BCUT2D eigenvalue weighted by atomic mass is 10.0. The van der Waals surface area contributed by atoms with Gasteiger partial charge in [-0.3, -0.25) is 9.59 Å². The fraction of sp³-hybridized carbons (Fsp3) is 0.765. The van der Waals surface area contributed by atoms with Gasteiger partial charge >= 0.3 is 0 Å². The van der Waals surface area contributed by atoms with E-state index in [4.69, 9.17) is 0 Å². The van der Waals surface area contributed by atoms with Crippen molar-refractivity contribution in [2.75, 3.05) is 6.54 Å². The molecule has 0 bridgehead atoms. The fourth-order valence-corrected chi connectivity index (χ4v) is 2.68. The SMILES string of the molecule is CC(=O)NCC(C)C(=O)N(C(C)C)C(C)Cc1cn(C(C)C)nn1. The first-order valence-electron chi connectivity index (χ1n) is 8.60. The second-order valence-corrected chi connectivity index (χ2v) is 7.01. The Balaban J connectivity index is 2.78. The third-order valence-corrected chi connectivity index (χ3v) is 3.96. The molecule has 0 saturated heterocycles. The number of nitrogens with one attached hydrogen (secondary N) is 1. The molecule has 2 unspecified atom stereocenters. The first kappa shape index (κ1) is 20.1. The second-order valence-electron chi connectivity index (χ2n) is 7.01. The summed E-state index contributed by atoms with van der Waals surface area (Å²) in [5.74, 6) is -0.336. The third-order valence-electron chi connectivity index (χ3n) is 3.96. The Bertz CT molecular complexity index is 553. The van der Waals surface area contributed by atoms with E-state index in [1.807, 2.05) is 43.5 Å². The lowest BCUT2D eigenvalue weighted by Crippen LogP contribution is -2.48. The van der Waals surface area contributed by atoms with Gasteiger partial charge in [-0.15, -0.1) is 5.10 Å². The number of hydrogen-bond donors (Lipinski definition) is 1. The van der Waals surface area contributed by atoms with Crippen LogP contribution in [0.25, 0.3) is 0 Å². The molecule has 1 N–H and O–H groups in total. The number of nitrogens with zero attached hydrogens (tertiary/aromatic N) is 4. The minimum atomic E-state index is -0.259. The highest BCUT2D eigenvalue weighted by Crippen LogP contribution is 2.15. The summed E-state index contributed by atoms with van der Waals surface area (Å²) < 4.78 is 1.82. The van der Waals surface area contributed by atoms with Crippen LogP contribution >= 0.6 is 0 Å². The standard InChI is InChI=1S/C17H31N5O2/c1-11(2)21-10-16(19-20-21)8-14(6)22(12(3)4)17(24)13(5)9-18-15(7)23/h10-14H,8-9H2,1-7H3,(H,18,23). The molecule has 136 valence electrons. The Morgan fingerprint density at radius 2 is 1.83 bits per heavy atom. The Labute approximate surface area is 144 Å². The van der Waals surface area contributed by atoms with Crippen molar-refractivity contribution >= 4 is 11.8 Å². The highest BCUT2D eigenvalue weighted by molar-refractivity contribution is 5.80. The molecule has 0 saturated carbocycles. The van der Waals surface area contributed by atoms with Crippen LogP contribution in [0.1, 0.15) is 60.2 Å². The second kappa shape index (κ2) is 8.80. The van der Waals surface area contributed by atoms with Crippen molar-refractivity contribution in [3.63, 3.8) is 0 Å². The Hall–Kier alpha value is -1.92. The van der Waals surface area contributed by atoms with Crippen LogP contribution < -0.4 is 5.32 Å². The van der Waals surface area contributed by atoms with Crippen LogP contribution in [-0.4, -0.2) is 50.3 Å². The lowest BCUT2D eigenvalue weighted by molar-refractivity contribution is -0.139. The molecule has 1 heterocycles. The molecule has 24 heavy (non-hydrogen) atoms. The summed E-state index contributed by atoms with van der Waals surface area (Å²) >= 11 is 0. The van der Waals surface area contributed by atoms with Crippen LogP contribution in [0.5, 0.6) is 0 Å². The van der Waals surface area contributed by atoms with Crippen LogP contribution in [0.3, 0.4) is 0 Å². The highest BCUT2D eigenvalue weighted by Gasteiger charge is 2.27. The van der Waals surface area contributed by atoms with Gasteiger partial charge in [0.1, 0.15) is 0 Å². The van der Waals surface area contributed by atoms with Crippen molar-refractivity contribution in [2.24, 2.45) is 5.92 Å². The Morgan fingerprint density at radius 1 is 1.21 bits per heavy atom. The normalized spacial score (nSPS) is 13.9. The average Bonchev–Trinajstić information content (AvgIpc) is 2.92. The van der Waals surface area contributed by atoms with Crippen LogP contribution in [-0.2, 0) is 16.0 Å². The minimum absolute atomic E-state index is 0.00888. The molecule has 0 aliphatic rings. The first-order chi connectivity index (χ1) is 11.1. The molecule has 2 atom stereocenters. The van der Waals surface area contributed by atoms with Crippen molar-refractivity contribution in [1.82, 2.24) is 25.2 Å². The molecule has 0 fully saturated rings. The minimum Gasteiger partial charge on any atom is -0.356 e. The molecule has 1 aromatic heterocycles. The van der Waals surface area contributed by atoms with Gasteiger partial charge in [-0.25, -0.2) is 4.68 Å². The van der Waals surface area contributed by atoms with Crippen molar-refractivity contribution in [2.45, 2.75) is 73.0 Å². The van der Waals surface area contributed by atoms with Gasteiger partial charge in [-0.1, -0.05) is 12.1 Å². The molecule has 1 rings (SSSR count). The van der Waals surface area contributed by atoms with E-state index in [0.29, 0.717) is 13.0 Å². The summed E-state index contributed by atoms with van der Waals surface area (Å²) in [5.41, 5.74) is 0.879.